The molecule has 0 aliphatic carbocycles. The van der Waals surface area contributed by atoms with Gasteiger partial charge in [-0.15, -0.1) is 0 Å². The number of carbonyl (C=O) groups is 1. The molecule has 0 aliphatic rings. The van der Waals surface area contributed by atoms with Crippen molar-refractivity contribution in [3.05, 3.63) is 58.1 Å². The maximum atomic E-state index is 12.3. The van der Waals surface area contributed by atoms with Crippen LogP contribution in [0.15, 0.2) is 36.4 Å². The molecule has 2 aromatic carbocycles. The third-order valence-corrected chi connectivity index (χ3v) is 3.46. The number of halogens is 1. The van der Waals surface area contributed by atoms with E-state index in [2.05, 4.69) is 5.32 Å². The van der Waals surface area contributed by atoms with Crippen LogP contribution in [0.3, 0.4) is 0 Å². The summed E-state index contributed by atoms with van der Waals surface area (Å²) in [7, 11) is 0. The number of aryl methyl sites for hydroxylation is 2. The monoisotopic (exact) mass is 317 g/mol. The third-order valence-electron chi connectivity index (χ3n) is 3.16. The van der Waals surface area contributed by atoms with E-state index in [1.165, 1.54) is 0 Å². The Morgan fingerprint density at radius 3 is 2.32 bits per heavy atom. The van der Waals surface area contributed by atoms with Crippen LogP contribution in [0.25, 0.3) is 0 Å². The van der Waals surface area contributed by atoms with Gasteiger partial charge in [0.05, 0.1) is 16.8 Å². The van der Waals surface area contributed by atoms with Crippen LogP contribution in [0.2, 0.25) is 5.02 Å². The molecule has 0 aromatic heterocycles. The van der Waals surface area contributed by atoms with Crippen molar-refractivity contribution in [3.8, 4) is 5.75 Å². The smallest absolute Gasteiger partial charge is 0.255 e. The molecule has 0 heterocycles. The molecule has 3 nitrogen and oxygen atoms in total. The van der Waals surface area contributed by atoms with Gasteiger partial charge in [0.1, 0.15) is 5.75 Å². The van der Waals surface area contributed by atoms with Crippen LogP contribution in [0.4, 0.5) is 5.69 Å². The van der Waals surface area contributed by atoms with Gasteiger partial charge in [0.2, 0.25) is 0 Å². The molecule has 0 unspecified atom stereocenters. The highest BCUT2D eigenvalue weighted by Gasteiger charge is 2.11. The van der Waals surface area contributed by atoms with Crippen LogP contribution in [-0.2, 0) is 0 Å². The standard InChI is InChI=1S/C18H20ClNO2/c1-11(2)22-15-7-5-14(6-8-15)18(21)20-17-13(4)9-12(3)10-16(17)19/h5-11H,1-4H3,(H,20,21). The molecule has 0 bridgehead atoms. The number of benzene rings is 2. The maximum absolute atomic E-state index is 12.3. The fourth-order valence-corrected chi connectivity index (χ4v) is 2.59. The highest BCUT2D eigenvalue weighted by atomic mass is 35.5. The fourth-order valence-electron chi connectivity index (χ4n) is 2.22. The third kappa shape index (κ3) is 4.01. The summed E-state index contributed by atoms with van der Waals surface area (Å²) in [6.07, 6.45) is 0.105. The molecular weight excluding hydrogens is 298 g/mol. The van der Waals surface area contributed by atoms with Gasteiger partial charge in [-0.05, 0) is 69.2 Å². The van der Waals surface area contributed by atoms with Crippen molar-refractivity contribution in [2.45, 2.75) is 33.8 Å². The van der Waals surface area contributed by atoms with Crippen molar-refractivity contribution >= 4 is 23.2 Å². The minimum absolute atomic E-state index is 0.105. The van der Waals surface area contributed by atoms with E-state index >= 15 is 0 Å². The summed E-state index contributed by atoms with van der Waals surface area (Å²) in [5, 5.41) is 3.42. The lowest BCUT2D eigenvalue weighted by Crippen LogP contribution is -2.13. The zero-order valence-electron chi connectivity index (χ0n) is 13.2. The molecule has 0 fully saturated rings. The normalized spacial score (nSPS) is 10.6. The predicted molar refractivity (Wildman–Crippen MR) is 91.1 cm³/mol. The summed E-state index contributed by atoms with van der Waals surface area (Å²) < 4.78 is 5.57. The van der Waals surface area contributed by atoms with Crippen LogP contribution < -0.4 is 10.1 Å². The zero-order valence-corrected chi connectivity index (χ0v) is 14.0. The minimum Gasteiger partial charge on any atom is -0.491 e. The van der Waals surface area contributed by atoms with Gasteiger partial charge >= 0.3 is 0 Å². The molecule has 0 spiro atoms. The second-order valence-corrected chi connectivity index (χ2v) is 5.99. The molecule has 1 amide bonds. The number of hydrogen-bond donors (Lipinski definition) is 1. The van der Waals surface area contributed by atoms with Crippen molar-refractivity contribution < 1.29 is 9.53 Å². The molecule has 22 heavy (non-hydrogen) atoms. The van der Waals surface area contributed by atoms with E-state index in [0.29, 0.717) is 16.3 Å². The molecule has 4 heteroatoms. The Morgan fingerprint density at radius 2 is 1.77 bits per heavy atom. The van der Waals surface area contributed by atoms with Crippen LogP contribution in [0.5, 0.6) is 5.75 Å². The summed E-state index contributed by atoms with van der Waals surface area (Å²) in [4.78, 5) is 12.3. The number of rotatable bonds is 4. The van der Waals surface area contributed by atoms with Crippen molar-refractivity contribution in [1.82, 2.24) is 0 Å². The van der Waals surface area contributed by atoms with Crippen LogP contribution in [-0.4, -0.2) is 12.0 Å². The van der Waals surface area contributed by atoms with Crippen LogP contribution in [0.1, 0.15) is 35.3 Å². The van der Waals surface area contributed by atoms with Crippen molar-refractivity contribution in [2.24, 2.45) is 0 Å². The summed E-state index contributed by atoms with van der Waals surface area (Å²) in [5.74, 6) is 0.557. The molecular formula is C18H20ClNO2. The van der Waals surface area contributed by atoms with Gasteiger partial charge in [0.15, 0.2) is 0 Å². The number of carbonyl (C=O) groups excluding carboxylic acids is 1. The molecule has 0 radical (unpaired) electrons. The number of nitrogens with one attached hydrogen (secondary N) is 1. The van der Waals surface area contributed by atoms with E-state index < -0.39 is 0 Å². The van der Waals surface area contributed by atoms with E-state index in [4.69, 9.17) is 16.3 Å². The summed E-state index contributed by atoms with van der Waals surface area (Å²) >= 11 is 6.21. The lowest BCUT2D eigenvalue weighted by atomic mass is 10.1. The summed E-state index contributed by atoms with van der Waals surface area (Å²) in [6, 6.07) is 10.9. The van der Waals surface area contributed by atoms with Gasteiger partial charge in [-0.2, -0.15) is 0 Å². The number of hydrogen-bond acceptors (Lipinski definition) is 2. The highest BCUT2D eigenvalue weighted by Crippen LogP contribution is 2.28. The predicted octanol–water partition coefficient (Wildman–Crippen LogP) is 5.00. The Kier molecular flexibility index (Phi) is 5.09. The second-order valence-electron chi connectivity index (χ2n) is 5.58. The van der Waals surface area contributed by atoms with Crippen molar-refractivity contribution in [1.29, 1.82) is 0 Å². The molecule has 0 saturated carbocycles. The number of anilines is 1. The molecule has 116 valence electrons. The van der Waals surface area contributed by atoms with Crippen LogP contribution in [0, 0.1) is 13.8 Å². The second kappa shape index (κ2) is 6.84. The van der Waals surface area contributed by atoms with E-state index in [9.17, 15) is 4.79 Å². The summed E-state index contributed by atoms with van der Waals surface area (Å²) in [6.45, 7) is 7.82. The van der Waals surface area contributed by atoms with E-state index in [1.54, 1.807) is 24.3 Å². The van der Waals surface area contributed by atoms with E-state index in [-0.39, 0.29) is 12.0 Å². The molecule has 0 saturated heterocycles. The van der Waals surface area contributed by atoms with Crippen molar-refractivity contribution in [2.75, 3.05) is 5.32 Å². The molecule has 2 rings (SSSR count). The van der Waals surface area contributed by atoms with Gasteiger partial charge < -0.3 is 10.1 Å². The molecule has 2 aromatic rings. The largest absolute Gasteiger partial charge is 0.491 e. The number of ether oxygens (including phenoxy) is 1. The average Bonchev–Trinajstić information content (AvgIpc) is 2.42. The first-order chi connectivity index (χ1) is 10.4. The van der Waals surface area contributed by atoms with Crippen LogP contribution >= 0.6 is 11.6 Å². The zero-order chi connectivity index (χ0) is 16.3. The quantitative estimate of drug-likeness (QED) is 0.862. The Labute approximate surface area is 136 Å². The molecule has 0 atom stereocenters. The van der Waals surface area contributed by atoms with Crippen molar-refractivity contribution in [3.63, 3.8) is 0 Å². The summed E-state index contributed by atoms with van der Waals surface area (Å²) in [5.41, 5.74) is 3.22. The average molecular weight is 318 g/mol. The maximum Gasteiger partial charge on any atom is 0.255 e. The lowest BCUT2D eigenvalue weighted by molar-refractivity contribution is 0.102. The van der Waals surface area contributed by atoms with Gasteiger partial charge in [0.25, 0.3) is 5.91 Å². The first kappa shape index (κ1) is 16.4. The molecule has 1 N–H and O–H groups in total. The Morgan fingerprint density at radius 1 is 1.14 bits per heavy atom. The number of amides is 1. The fraction of sp³-hybridized carbons (Fsp3) is 0.278. The Balaban J connectivity index is 2.16. The Hall–Kier alpha value is -2.00. The first-order valence-electron chi connectivity index (χ1n) is 7.21. The van der Waals surface area contributed by atoms with E-state index in [1.807, 2.05) is 39.8 Å². The SMILES string of the molecule is Cc1cc(C)c(NC(=O)c2ccc(OC(C)C)cc2)c(Cl)c1. The van der Waals surface area contributed by atoms with Gasteiger partial charge in [0, 0.05) is 5.56 Å². The van der Waals surface area contributed by atoms with Gasteiger partial charge in [-0.3, -0.25) is 4.79 Å². The minimum atomic E-state index is -0.190. The van der Waals surface area contributed by atoms with Gasteiger partial charge in [-0.25, -0.2) is 0 Å². The van der Waals surface area contributed by atoms with Gasteiger partial charge in [-0.1, -0.05) is 17.7 Å². The molecule has 0 aliphatic heterocycles. The van der Waals surface area contributed by atoms with E-state index in [0.717, 1.165) is 16.9 Å². The lowest BCUT2D eigenvalue weighted by Gasteiger charge is -2.12. The highest BCUT2D eigenvalue weighted by molar-refractivity contribution is 6.34. The first-order valence-corrected chi connectivity index (χ1v) is 7.59. The topological polar surface area (TPSA) is 38.3 Å². The Bertz CT molecular complexity index is 655.